The van der Waals surface area contributed by atoms with Gasteiger partial charge in [0.15, 0.2) is 0 Å². The van der Waals surface area contributed by atoms with Crippen LogP contribution in [0.3, 0.4) is 0 Å². The fraction of sp³-hybridized carbons (Fsp3) is 0.917. The van der Waals surface area contributed by atoms with E-state index in [2.05, 4.69) is 0 Å². The third-order valence-electron chi connectivity index (χ3n) is 3.75. The molecule has 0 aromatic carbocycles. The molecule has 0 atom stereocenters. The third-order valence-corrected chi connectivity index (χ3v) is 3.75. The number of ether oxygens (including phenoxy) is 1. The Bertz CT molecular complexity index is 172. The lowest BCUT2D eigenvalue weighted by Gasteiger charge is -2.27. The van der Waals surface area contributed by atoms with E-state index in [1.807, 2.05) is 0 Å². The fourth-order valence-corrected chi connectivity index (χ4v) is 2.76. The van der Waals surface area contributed by atoms with Gasteiger partial charge in [0.1, 0.15) is 0 Å². The molecule has 2 heteroatoms. The highest BCUT2D eigenvalue weighted by atomic mass is 16.5. The number of esters is 1. The lowest BCUT2D eigenvalue weighted by Crippen LogP contribution is -2.15. The molecule has 3 rings (SSSR count). The predicted octanol–water partition coefficient (Wildman–Crippen LogP) is 2.91. The standard InChI is InChI=1S/C12H20O2/c13-12-3-1-2-10-4-6-11(7-5-10)8-9-14-12/h10-11H,1-9H2. The van der Waals surface area contributed by atoms with Crippen LogP contribution in [0.1, 0.15) is 51.4 Å². The van der Waals surface area contributed by atoms with Gasteiger partial charge in [-0.25, -0.2) is 0 Å². The van der Waals surface area contributed by atoms with E-state index < -0.39 is 0 Å². The van der Waals surface area contributed by atoms with Crippen molar-refractivity contribution >= 4 is 5.97 Å². The highest BCUT2D eigenvalue weighted by molar-refractivity contribution is 5.69. The molecule has 2 aliphatic heterocycles. The Labute approximate surface area is 86.0 Å². The van der Waals surface area contributed by atoms with Gasteiger partial charge in [0, 0.05) is 6.42 Å². The van der Waals surface area contributed by atoms with Gasteiger partial charge in [0.05, 0.1) is 6.61 Å². The molecule has 0 aromatic heterocycles. The first-order valence-electron chi connectivity index (χ1n) is 6.00. The summed E-state index contributed by atoms with van der Waals surface area (Å²) in [6.07, 6.45) is 9.51. The van der Waals surface area contributed by atoms with Crippen molar-refractivity contribution in [3.05, 3.63) is 0 Å². The molecule has 0 spiro atoms. The Morgan fingerprint density at radius 3 is 2.29 bits per heavy atom. The maximum Gasteiger partial charge on any atom is 0.305 e. The highest BCUT2D eigenvalue weighted by Gasteiger charge is 2.22. The molecule has 2 saturated heterocycles. The molecule has 0 unspecified atom stereocenters. The van der Waals surface area contributed by atoms with Crippen LogP contribution in [0.2, 0.25) is 0 Å². The first-order valence-corrected chi connectivity index (χ1v) is 6.00. The first-order chi connectivity index (χ1) is 6.84. The fourth-order valence-electron chi connectivity index (χ4n) is 2.76. The van der Waals surface area contributed by atoms with E-state index in [1.54, 1.807) is 0 Å². The van der Waals surface area contributed by atoms with Crippen molar-refractivity contribution in [3.8, 4) is 0 Å². The summed E-state index contributed by atoms with van der Waals surface area (Å²) in [5.41, 5.74) is 0. The van der Waals surface area contributed by atoms with E-state index in [-0.39, 0.29) is 5.97 Å². The summed E-state index contributed by atoms with van der Waals surface area (Å²) >= 11 is 0. The van der Waals surface area contributed by atoms with Crippen molar-refractivity contribution in [3.63, 3.8) is 0 Å². The summed E-state index contributed by atoms with van der Waals surface area (Å²) in [5, 5.41) is 0. The summed E-state index contributed by atoms with van der Waals surface area (Å²) in [6.45, 7) is 0.661. The molecule has 2 bridgehead atoms. The van der Waals surface area contributed by atoms with Crippen LogP contribution in [0, 0.1) is 11.8 Å². The Kier molecular flexibility index (Phi) is 3.44. The lowest BCUT2D eigenvalue weighted by molar-refractivity contribution is -0.144. The number of carbonyl (C=O) groups is 1. The Morgan fingerprint density at radius 2 is 1.57 bits per heavy atom. The van der Waals surface area contributed by atoms with E-state index >= 15 is 0 Å². The Balaban J connectivity index is 1.89. The minimum atomic E-state index is 0.0197. The zero-order chi connectivity index (χ0) is 9.80. The maximum atomic E-state index is 11.2. The highest BCUT2D eigenvalue weighted by Crippen LogP contribution is 2.33. The number of hydrogen-bond acceptors (Lipinski definition) is 2. The second-order valence-corrected chi connectivity index (χ2v) is 4.79. The summed E-state index contributed by atoms with van der Waals surface area (Å²) in [7, 11) is 0. The number of rotatable bonds is 0. The number of fused-ring (bicyclic) bond motifs is 8. The largest absolute Gasteiger partial charge is 0.466 e. The molecule has 2 nitrogen and oxygen atoms in total. The monoisotopic (exact) mass is 196 g/mol. The van der Waals surface area contributed by atoms with E-state index in [1.165, 1.54) is 32.1 Å². The smallest absolute Gasteiger partial charge is 0.305 e. The van der Waals surface area contributed by atoms with Gasteiger partial charge in [-0.1, -0.05) is 25.7 Å². The van der Waals surface area contributed by atoms with Crippen LogP contribution in [0.4, 0.5) is 0 Å². The summed E-state index contributed by atoms with van der Waals surface area (Å²) < 4.78 is 5.19. The summed E-state index contributed by atoms with van der Waals surface area (Å²) in [4.78, 5) is 11.2. The summed E-state index contributed by atoms with van der Waals surface area (Å²) in [6, 6.07) is 0. The second kappa shape index (κ2) is 4.81. The zero-order valence-corrected chi connectivity index (χ0v) is 8.84. The first kappa shape index (κ1) is 10.0. The van der Waals surface area contributed by atoms with Gasteiger partial charge in [-0.3, -0.25) is 4.79 Å². The quantitative estimate of drug-likeness (QED) is 0.557. The predicted molar refractivity (Wildman–Crippen MR) is 54.9 cm³/mol. The van der Waals surface area contributed by atoms with Gasteiger partial charge in [-0.15, -0.1) is 0 Å². The van der Waals surface area contributed by atoms with E-state index in [9.17, 15) is 4.79 Å². The molecule has 0 aromatic rings. The van der Waals surface area contributed by atoms with Crippen LogP contribution in [0.15, 0.2) is 0 Å². The molecule has 14 heavy (non-hydrogen) atoms. The van der Waals surface area contributed by atoms with Gasteiger partial charge >= 0.3 is 5.97 Å². The van der Waals surface area contributed by atoms with E-state index in [0.717, 1.165) is 24.7 Å². The van der Waals surface area contributed by atoms with Crippen molar-refractivity contribution in [2.75, 3.05) is 6.61 Å². The Hall–Kier alpha value is -0.530. The van der Waals surface area contributed by atoms with Crippen molar-refractivity contribution in [1.29, 1.82) is 0 Å². The molecule has 1 saturated carbocycles. The molecule has 2 heterocycles. The molecule has 0 radical (unpaired) electrons. The van der Waals surface area contributed by atoms with Gasteiger partial charge in [-0.2, -0.15) is 0 Å². The van der Waals surface area contributed by atoms with Gasteiger partial charge < -0.3 is 4.74 Å². The van der Waals surface area contributed by atoms with Crippen molar-refractivity contribution in [1.82, 2.24) is 0 Å². The molecule has 3 aliphatic rings. The molecule has 0 amide bonds. The molecule has 0 N–H and O–H groups in total. The van der Waals surface area contributed by atoms with E-state index in [4.69, 9.17) is 4.74 Å². The van der Waals surface area contributed by atoms with Crippen LogP contribution in [-0.4, -0.2) is 12.6 Å². The van der Waals surface area contributed by atoms with Crippen LogP contribution in [0.5, 0.6) is 0 Å². The second-order valence-electron chi connectivity index (χ2n) is 4.79. The van der Waals surface area contributed by atoms with Gasteiger partial charge in [0.25, 0.3) is 0 Å². The van der Waals surface area contributed by atoms with Crippen LogP contribution >= 0.6 is 0 Å². The van der Waals surface area contributed by atoms with Gasteiger partial charge in [-0.05, 0) is 31.1 Å². The van der Waals surface area contributed by atoms with Crippen LogP contribution in [0.25, 0.3) is 0 Å². The molecular formula is C12H20O2. The number of carbonyl (C=O) groups excluding carboxylic acids is 1. The summed E-state index contributed by atoms with van der Waals surface area (Å²) in [5.74, 6) is 1.75. The van der Waals surface area contributed by atoms with Crippen molar-refractivity contribution in [2.45, 2.75) is 51.4 Å². The maximum absolute atomic E-state index is 11.2. The van der Waals surface area contributed by atoms with Crippen molar-refractivity contribution < 1.29 is 9.53 Å². The minimum absolute atomic E-state index is 0.0197. The average molecular weight is 196 g/mol. The lowest BCUT2D eigenvalue weighted by atomic mass is 9.79. The topological polar surface area (TPSA) is 26.3 Å². The Morgan fingerprint density at radius 1 is 0.929 bits per heavy atom. The molecule has 1 aliphatic carbocycles. The average Bonchev–Trinajstić information content (AvgIpc) is 2.25. The molecular weight excluding hydrogens is 176 g/mol. The third kappa shape index (κ3) is 2.73. The number of hydrogen-bond donors (Lipinski definition) is 0. The zero-order valence-electron chi connectivity index (χ0n) is 8.84. The van der Waals surface area contributed by atoms with Crippen LogP contribution < -0.4 is 0 Å². The molecule has 80 valence electrons. The normalized spacial score (nSPS) is 34.7. The van der Waals surface area contributed by atoms with Crippen LogP contribution in [-0.2, 0) is 9.53 Å². The van der Waals surface area contributed by atoms with E-state index in [0.29, 0.717) is 13.0 Å². The molecule has 3 fully saturated rings. The SMILES string of the molecule is O=C1CCCC2CCC(CCO1)CC2. The van der Waals surface area contributed by atoms with Crippen molar-refractivity contribution in [2.24, 2.45) is 11.8 Å². The minimum Gasteiger partial charge on any atom is -0.466 e. The van der Waals surface area contributed by atoms with Gasteiger partial charge in [0.2, 0.25) is 0 Å².